The van der Waals surface area contributed by atoms with Crippen LogP contribution in [0.4, 0.5) is 10.5 Å². The van der Waals surface area contributed by atoms with Crippen LogP contribution < -0.4 is 9.64 Å². The number of benzene rings is 1. The molecule has 1 aliphatic heterocycles. The van der Waals surface area contributed by atoms with Crippen LogP contribution in [-0.2, 0) is 0 Å². The number of nitrogens with zero attached hydrogens (tertiary/aromatic N) is 2. The van der Waals surface area contributed by atoms with Crippen LogP contribution >= 0.6 is 0 Å². The van der Waals surface area contributed by atoms with E-state index in [9.17, 15) is 4.79 Å². The summed E-state index contributed by atoms with van der Waals surface area (Å²) in [6.07, 6.45) is 0.859. The minimum atomic E-state index is 0.0328. The van der Waals surface area contributed by atoms with Gasteiger partial charge in [0.15, 0.2) is 0 Å². The van der Waals surface area contributed by atoms with Crippen molar-refractivity contribution in [1.82, 2.24) is 4.90 Å². The van der Waals surface area contributed by atoms with E-state index in [-0.39, 0.29) is 6.03 Å². The van der Waals surface area contributed by atoms with E-state index in [4.69, 9.17) is 4.74 Å². The molecule has 0 saturated heterocycles. The molecule has 2 rings (SSSR count). The molecule has 1 heterocycles. The minimum Gasteiger partial charge on any atom is -0.491 e. The van der Waals surface area contributed by atoms with Gasteiger partial charge in [-0.2, -0.15) is 0 Å². The zero-order chi connectivity index (χ0) is 12.3. The van der Waals surface area contributed by atoms with Crippen LogP contribution in [0.1, 0.15) is 13.3 Å². The van der Waals surface area contributed by atoms with Crippen molar-refractivity contribution < 1.29 is 9.53 Å². The Balaban J connectivity index is 2.31. The minimum absolute atomic E-state index is 0.0328. The number of hydrogen-bond acceptors (Lipinski definition) is 2. The third-order valence-electron chi connectivity index (χ3n) is 2.97. The van der Waals surface area contributed by atoms with E-state index < -0.39 is 0 Å². The van der Waals surface area contributed by atoms with E-state index in [2.05, 4.69) is 0 Å². The zero-order valence-corrected chi connectivity index (χ0v) is 10.3. The standard InChI is InChI=1S/C13H18N2O2/c1-3-14(2)13(16)15-9-6-10-17-12-8-5-4-7-11(12)15/h4-5,7-8H,3,6,9-10H2,1-2H3. The number of para-hydroxylation sites is 2. The second kappa shape index (κ2) is 5.08. The molecule has 0 bridgehead atoms. The van der Waals surface area contributed by atoms with Gasteiger partial charge in [-0.05, 0) is 25.5 Å². The van der Waals surface area contributed by atoms with Crippen molar-refractivity contribution in [2.45, 2.75) is 13.3 Å². The first kappa shape index (κ1) is 11.8. The Kier molecular flexibility index (Phi) is 3.52. The van der Waals surface area contributed by atoms with Gasteiger partial charge in [0.2, 0.25) is 0 Å². The maximum Gasteiger partial charge on any atom is 0.324 e. The highest BCUT2D eigenvalue weighted by atomic mass is 16.5. The van der Waals surface area contributed by atoms with Gasteiger partial charge in [0.25, 0.3) is 0 Å². The average molecular weight is 234 g/mol. The predicted octanol–water partition coefficient (Wildman–Crippen LogP) is 2.35. The molecule has 0 spiro atoms. The topological polar surface area (TPSA) is 32.8 Å². The fourth-order valence-corrected chi connectivity index (χ4v) is 1.87. The highest BCUT2D eigenvalue weighted by Crippen LogP contribution is 2.30. The van der Waals surface area contributed by atoms with Crippen molar-refractivity contribution in [3.8, 4) is 5.75 Å². The average Bonchev–Trinajstić information content (AvgIpc) is 2.59. The number of anilines is 1. The van der Waals surface area contributed by atoms with E-state index in [1.165, 1.54) is 0 Å². The quantitative estimate of drug-likeness (QED) is 0.747. The maximum atomic E-state index is 12.2. The second-order valence-electron chi connectivity index (χ2n) is 4.12. The van der Waals surface area contributed by atoms with Crippen molar-refractivity contribution in [2.24, 2.45) is 0 Å². The smallest absolute Gasteiger partial charge is 0.324 e. The number of carbonyl (C=O) groups is 1. The Morgan fingerprint density at radius 3 is 3.00 bits per heavy atom. The number of hydrogen-bond donors (Lipinski definition) is 0. The molecule has 0 saturated carbocycles. The first-order valence-corrected chi connectivity index (χ1v) is 5.98. The highest BCUT2D eigenvalue weighted by molar-refractivity contribution is 5.93. The van der Waals surface area contributed by atoms with Gasteiger partial charge >= 0.3 is 6.03 Å². The predicted molar refractivity (Wildman–Crippen MR) is 67.6 cm³/mol. The monoisotopic (exact) mass is 234 g/mol. The molecule has 1 aromatic carbocycles. The van der Waals surface area contributed by atoms with Gasteiger partial charge in [-0.15, -0.1) is 0 Å². The lowest BCUT2D eigenvalue weighted by Crippen LogP contribution is -2.41. The third-order valence-corrected chi connectivity index (χ3v) is 2.97. The molecular formula is C13H18N2O2. The highest BCUT2D eigenvalue weighted by Gasteiger charge is 2.23. The third kappa shape index (κ3) is 2.35. The van der Waals surface area contributed by atoms with Crippen molar-refractivity contribution >= 4 is 11.7 Å². The zero-order valence-electron chi connectivity index (χ0n) is 10.3. The molecule has 0 radical (unpaired) electrons. The largest absolute Gasteiger partial charge is 0.491 e. The molecule has 2 amide bonds. The maximum absolute atomic E-state index is 12.2. The van der Waals surface area contributed by atoms with Crippen molar-refractivity contribution in [1.29, 1.82) is 0 Å². The van der Waals surface area contributed by atoms with Gasteiger partial charge in [-0.3, -0.25) is 4.90 Å². The fraction of sp³-hybridized carbons (Fsp3) is 0.462. The molecule has 0 fully saturated rings. The SMILES string of the molecule is CCN(C)C(=O)N1CCCOc2ccccc21. The summed E-state index contributed by atoms with van der Waals surface area (Å²) in [5.41, 5.74) is 0.871. The Morgan fingerprint density at radius 1 is 1.47 bits per heavy atom. The van der Waals surface area contributed by atoms with Gasteiger partial charge < -0.3 is 9.64 Å². The summed E-state index contributed by atoms with van der Waals surface area (Å²) in [4.78, 5) is 15.7. The molecule has 0 aliphatic carbocycles. The molecular weight excluding hydrogens is 216 g/mol. The van der Waals surface area contributed by atoms with Crippen molar-refractivity contribution in [2.75, 3.05) is 31.6 Å². The van der Waals surface area contributed by atoms with E-state index in [0.29, 0.717) is 19.7 Å². The van der Waals surface area contributed by atoms with E-state index in [1.54, 1.807) is 9.80 Å². The number of carbonyl (C=O) groups excluding carboxylic acids is 1. The van der Waals surface area contributed by atoms with Crippen LogP contribution in [0.15, 0.2) is 24.3 Å². The molecule has 0 atom stereocenters. The summed E-state index contributed by atoms with van der Waals surface area (Å²) >= 11 is 0. The Bertz CT molecular complexity index is 406. The molecule has 4 heteroatoms. The van der Waals surface area contributed by atoms with Crippen LogP contribution in [-0.4, -0.2) is 37.7 Å². The van der Waals surface area contributed by atoms with Crippen LogP contribution in [0.3, 0.4) is 0 Å². The van der Waals surface area contributed by atoms with Crippen LogP contribution in [0, 0.1) is 0 Å². The van der Waals surface area contributed by atoms with E-state index in [0.717, 1.165) is 17.9 Å². The molecule has 0 N–H and O–H groups in total. The normalized spacial score (nSPS) is 14.6. The van der Waals surface area contributed by atoms with Gasteiger partial charge in [-0.25, -0.2) is 4.79 Å². The van der Waals surface area contributed by atoms with Crippen molar-refractivity contribution in [3.63, 3.8) is 0 Å². The molecule has 1 aliphatic rings. The van der Waals surface area contributed by atoms with E-state index in [1.807, 2.05) is 38.2 Å². The van der Waals surface area contributed by atoms with Gasteiger partial charge in [0, 0.05) is 20.1 Å². The Morgan fingerprint density at radius 2 is 2.24 bits per heavy atom. The number of ether oxygens (including phenoxy) is 1. The van der Waals surface area contributed by atoms with E-state index >= 15 is 0 Å². The Labute approximate surface area is 102 Å². The fourth-order valence-electron chi connectivity index (χ4n) is 1.87. The number of urea groups is 1. The second-order valence-corrected chi connectivity index (χ2v) is 4.12. The molecule has 1 aromatic rings. The van der Waals surface area contributed by atoms with Gasteiger partial charge in [0.1, 0.15) is 5.75 Å². The van der Waals surface area contributed by atoms with Crippen LogP contribution in [0.25, 0.3) is 0 Å². The van der Waals surface area contributed by atoms with Gasteiger partial charge in [-0.1, -0.05) is 12.1 Å². The number of fused-ring (bicyclic) bond motifs is 1. The molecule has 4 nitrogen and oxygen atoms in total. The lowest BCUT2D eigenvalue weighted by atomic mass is 10.2. The summed E-state index contributed by atoms with van der Waals surface area (Å²) in [7, 11) is 1.82. The summed E-state index contributed by atoms with van der Waals surface area (Å²) in [6, 6.07) is 7.73. The van der Waals surface area contributed by atoms with Crippen LogP contribution in [0.5, 0.6) is 5.75 Å². The molecule has 0 aromatic heterocycles. The number of rotatable bonds is 1. The summed E-state index contributed by atoms with van der Waals surface area (Å²) < 4.78 is 5.63. The van der Waals surface area contributed by atoms with Gasteiger partial charge in [0.05, 0.1) is 12.3 Å². The Hall–Kier alpha value is -1.71. The summed E-state index contributed by atoms with van der Waals surface area (Å²) in [5.74, 6) is 0.794. The lowest BCUT2D eigenvalue weighted by Gasteiger charge is -2.26. The first-order valence-electron chi connectivity index (χ1n) is 5.98. The molecule has 92 valence electrons. The summed E-state index contributed by atoms with van der Waals surface area (Å²) in [5, 5.41) is 0. The first-order chi connectivity index (χ1) is 8.24. The van der Waals surface area contributed by atoms with Crippen molar-refractivity contribution in [3.05, 3.63) is 24.3 Å². The number of amides is 2. The van der Waals surface area contributed by atoms with Crippen LogP contribution in [0.2, 0.25) is 0 Å². The summed E-state index contributed by atoms with van der Waals surface area (Å²) in [6.45, 7) is 4.05. The molecule has 0 unspecified atom stereocenters. The molecule has 17 heavy (non-hydrogen) atoms. The lowest BCUT2D eigenvalue weighted by molar-refractivity contribution is 0.217.